The molecule has 5 nitrogen and oxygen atoms in total. The third-order valence-electron chi connectivity index (χ3n) is 2.56. The zero-order chi connectivity index (χ0) is 13.7. The first-order chi connectivity index (χ1) is 9.13. The zero-order valence-corrected chi connectivity index (χ0v) is 11.8. The molecular formula is C13H17ClN4O. The number of aromatic nitrogens is 2. The highest BCUT2D eigenvalue weighted by Gasteiger charge is 2.06. The lowest BCUT2D eigenvalue weighted by atomic mass is 10.3. The predicted molar refractivity (Wildman–Crippen MR) is 75.3 cm³/mol. The number of likely N-dealkylation sites (N-methyl/N-ethyl adjacent to an activating group) is 1. The molecule has 6 heteroatoms. The van der Waals surface area contributed by atoms with Gasteiger partial charge >= 0.3 is 0 Å². The fourth-order valence-electron chi connectivity index (χ4n) is 1.56. The van der Waals surface area contributed by atoms with Gasteiger partial charge in [-0.3, -0.25) is 0 Å². The van der Waals surface area contributed by atoms with E-state index >= 15 is 0 Å². The van der Waals surface area contributed by atoms with Crippen molar-refractivity contribution in [2.45, 2.75) is 13.0 Å². The van der Waals surface area contributed by atoms with E-state index in [0.29, 0.717) is 17.5 Å². The second-order valence-electron chi connectivity index (χ2n) is 4.52. The van der Waals surface area contributed by atoms with E-state index < -0.39 is 0 Å². The summed E-state index contributed by atoms with van der Waals surface area (Å²) >= 11 is 5.91. The summed E-state index contributed by atoms with van der Waals surface area (Å²) in [6.07, 6.45) is 0.785. The normalized spacial score (nSPS) is 10.9. The highest BCUT2D eigenvalue weighted by atomic mass is 35.5. The Kier molecular flexibility index (Phi) is 4.76. The van der Waals surface area contributed by atoms with Crippen LogP contribution >= 0.6 is 11.6 Å². The number of rotatable bonds is 6. The summed E-state index contributed by atoms with van der Waals surface area (Å²) < 4.78 is 5.17. The van der Waals surface area contributed by atoms with E-state index in [1.54, 1.807) is 0 Å². The maximum Gasteiger partial charge on any atom is 0.245 e. The van der Waals surface area contributed by atoms with Crippen LogP contribution in [0.1, 0.15) is 11.7 Å². The summed E-state index contributed by atoms with van der Waals surface area (Å²) in [5, 5.41) is 7.82. The van der Waals surface area contributed by atoms with Crippen molar-refractivity contribution in [2.75, 3.05) is 26.0 Å². The van der Waals surface area contributed by atoms with Gasteiger partial charge in [0.25, 0.3) is 0 Å². The average molecular weight is 281 g/mol. The Bertz CT molecular complexity index is 527. The molecule has 0 aliphatic carbocycles. The molecule has 0 aliphatic heterocycles. The molecule has 1 N–H and O–H groups in total. The van der Waals surface area contributed by atoms with Crippen molar-refractivity contribution in [3.63, 3.8) is 0 Å². The van der Waals surface area contributed by atoms with Gasteiger partial charge in [0.2, 0.25) is 5.89 Å². The second kappa shape index (κ2) is 6.54. The molecule has 0 saturated heterocycles. The van der Waals surface area contributed by atoms with E-state index in [-0.39, 0.29) is 0 Å². The minimum absolute atomic E-state index is 0.495. The van der Waals surface area contributed by atoms with Gasteiger partial charge in [0.05, 0.1) is 6.54 Å². The van der Waals surface area contributed by atoms with Crippen molar-refractivity contribution in [1.82, 2.24) is 15.0 Å². The lowest BCUT2D eigenvalue weighted by Gasteiger charge is -2.05. The standard InChI is InChI=1S/C13H17ClN4O/c1-18(2)7-6-12-16-13(19-17-12)9-15-11-5-3-4-10(14)8-11/h3-5,8,15H,6-7,9H2,1-2H3. The molecule has 102 valence electrons. The van der Waals surface area contributed by atoms with E-state index in [0.717, 1.165) is 24.5 Å². The SMILES string of the molecule is CN(C)CCc1noc(CNc2cccc(Cl)c2)n1. The summed E-state index contributed by atoms with van der Waals surface area (Å²) in [5.41, 5.74) is 0.931. The Hall–Kier alpha value is -1.59. The largest absolute Gasteiger partial charge is 0.376 e. The van der Waals surface area contributed by atoms with Crippen LogP contribution in [0.15, 0.2) is 28.8 Å². The molecule has 19 heavy (non-hydrogen) atoms. The second-order valence-corrected chi connectivity index (χ2v) is 4.96. The molecule has 0 aliphatic rings. The fraction of sp³-hybridized carbons (Fsp3) is 0.385. The van der Waals surface area contributed by atoms with Gasteiger partial charge in [0.15, 0.2) is 5.82 Å². The molecule has 1 aromatic carbocycles. The van der Waals surface area contributed by atoms with Crippen molar-refractivity contribution >= 4 is 17.3 Å². The maximum absolute atomic E-state index is 5.91. The number of nitrogens with one attached hydrogen (secondary N) is 1. The Balaban J connectivity index is 1.86. The Morgan fingerprint density at radius 2 is 2.21 bits per heavy atom. The van der Waals surface area contributed by atoms with Gasteiger partial charge in [-0.1, -0.05) is 22.8 Å². The van der Waals surface area contributed by atoms with Crippen LogP contribution in [-0.2, 0) is 13.0 Å². The van der Waals surface area contributed by atoms with Crippen molar-refractivity contribution in [3.05, 3.63) is 41.0 Å². The summed E-state index contributed by atoms with van der Waals surface area (Å²) in [5.74, 6) is 1.31. The molecule has 2 rings (SSSR count). The smallest absolute Gasteiger partial charge is 0.245 e. The molecule has 0 atom stereocenters. The first kappa shape index (κ1) is 13.8. The monoisotopic (exact) mass is 280 g/mol. The fourth-order valence-corrected chi connectivity index (χ4v) is 1.75. The van der Waals surface area contributed by atoms with Crippen molar-refractivity contribution in [3.8, 4) is 0 Å². The highest BCUT2D eigenvalue weighted by molar-refractivity contribution is 6.30. The topological polar surface area (TPSA) is 54.2 Å². The van der Waals surface area contributed by atoms with E-state index in [2.05, 4.69) is 20.4 Å². The van der Waals surface area contributed by atoms with Gasteiger partial charge < -0.3 is 14.7 Å². The van der Waals surface area contributed by atoms with Gasteiger partial charge in [0, 0.05) is 23.7 Å². The third kappa shape index (κ3) is 4.54. The minimum Gasteiger partial charge on any atom is -0.376 e. The number of benzene rings is 1. The lowest BCUT2D eigenvalue weighted by Crippen LogP contribution is -2.15. The Morgan fingerprint density at radius 1 is 1.37 bits per heavy atom. The van der Waals surface area contributed by atoms with Crippen molar-refractivity contribution in [2.24, 2.45) is 0 Å². The third-order valence-corrected chi connectivity index (χ3v) is 2.80. The molecule has 1 aromatic heterocycles. The summed E-state index contributed by atoms with van der Waals surface area (Å²) in [7, 11) is 4.03. The summed E-state index contributed by atoms with van der Waals surface area (Å²) in [6, 6.07) is 7.51. The predicted octanol–water partition coefficient (Wildman–Crippen LogP) is 2.44. The van der Waals surface area contributed by atoms with Crippen LogP contribution in [0.4, 0.5) is 5.69 Å². The number of hydrogen-bond acceptors (Lipinski definition) is 5. The number of anilines is 1. The molecule has 0 saturated carbocycles. The van der Waals surface area contributed by atoms with Crippen LogP contribution in [-0.4, -0.2) is 35.7 Å². The van der Waals surface area contributed by atoms with Crippen LogP contribution in [0.25, 0.3) is 0 Å². The van der Waals surface area contributed by atoms with Crippen LogP contribution in [0.3, 0.4) is 0 Å². The first-order valence-corrected chi connectivity index (χ1v) is 6.47. The summed E-state index contributed by atoms with van der Waals surface area (Å²) in [4.78, 5) is 6.40. The number of halogens is 1. The minimum atomic E-state index is 0.495. The molecule has 0 spiro atoms. The van der Waals surface area contributed by atoms with Crippen LogP contribution in [0.2, 0.25) is 5.02 Å². The highest BCUT2D eigenvalue weighted by Crippen LogP contribution is 2.15. The van der Waals surface area contributed by atoms with Gasteiger partial charge in [-0.2, -0.15) is 4.98 Å². The van der Waals surface area contributed by atoms with E-state index in [1.807, 2.05) is 38.4 Å². The van der Waals surface area contributed by atoms with Crippen molar-refractivity contribution in [1.29, 1.82) is 0 Å². The van der Waals surface area contributed by atoms with Crippen LogP contribution < -0.4 is 5.32 Å². The molecule has 2 aromatic rings. The molecule has 0 amide bonds. The van der Waals surface area contributed by atoms with Crippen LogP contribution in [0, 0.1) is 0 Å². The zero-order valence-electron chi connectivity index (χ0n) is 11.1. The lowest BCUT2D eigenvalue weighted by molar-refractivity contribution is 0.369. The molecule has 0 fully saturated rings. The van der Waals surface area contributed by atoms with Gasteiger partial charge in [0.1, 0.15) is 0 Å². The van der Waals surface area contributed by atoms with Crippen molar-refractivity contribution < 1.29 is 4.52 Å². The number of hydrogen-bond donors (Lipinski definition) is 1. The maximum atomic E-state index is 5.91. The molecule has 0 unspecified atom stereocenters. The van der Waals surface area contributed by atoms with Gasteiger partial charge in [-0.25, -0.2) is 0 Å². The van der Waals surface area contributed by atoms with E-state index in [9.17, 15) is 0 Å². The molecule has 0 bridgehead atoms. The first-order valence-electron chi connectivity index (χ1n) is 6.09. The Labute approximate surface area is 117 Å². The number of nitrogens with zero attached hydrogens (tertiary/aromatic N) is 3. The quantitative estimate of drug-likeness (QED) is 0.881. The molecule has 1 heterocycles. The average Bonchev–Trinajstić information content (AvgIpc) is 2.82. The van der Waals surface area contributed by atoms with E-state index in [1.165, 1.54) is 0 Å². The van der Waals surface area contributed by atoms with Gasteiger partial charge in [-0.05, 0) is 32.3 Å². The summed E-state index contributed by atoms with van der Waals surface area (Å²) in [6.45, 7) is 1.40. The van der Waals surface area contributed by atoms with E-state index in [4.69, 9.17) is 16.1 Å². The molecule has 0 radical (unpaired) electrons. The van der Waals surface area contributed by atoms with Crippen LogP contribution in [0.5, 0.6) is 0 Å². The molecular weight excluding hydrogens is 264 g/mol. The Morgan fingerprint density at radius 3 is 2.95 bits per heavy atom. The van der Waals surface area contributed by atoms with Gasteiger partial charge in [-0.15, -0.1) is 0 Å².